The fourth-order valence-corrected chi connectivity index (χ4v) is 10.7. The van der Waals surface area contributed by atoms with Gasteiger partial charge in [-0.3, -0.25) is 0 Å². The third-order valence-corrected chi connectivity index (χ3v) is 13.2. The Morgan fingerprint density at radius 3 is 2.22 bits per heavy atom. The second-order valence-corrected chi connectivity index (χ2v) is 16.5. The predicted octanol–water partition coefficient (Wildman–Crippen LogP) is 8.47. The second-order valence-electron chi connectivity index (χ2n) is 11.8. The molecule has 0 aromatic heterocycles. The maximum atomic E-state index is 9.73. The molecule has 3 aromatic carbocycles. The molecule has 1 atom stereocenters. The van der Waals surface area contributed by atoms with Crippen LogP contribution >= 0.6 is 11.6 Å². The minimum Gasteiger partial charge on any atom is -0.508 e. The Bertz CT molecular complexity index is 1330. The average molecular weight is 587 g/mol. The van der Waals surface area contributed by atoms with Crippen LogP contribution in [0.25, 0.3) is 6.08 Å². The van der Waals surface area contributed by atoms with Crippen LogP contribution in [0, 0.1) is 0 Å². The van der Waals surface area contributed by atoms with E-state index in [0.717, 1.165) is 42.4 Å². The Labute approximate surface area is 252 Å². The van der Waals surface area contributed by atoms with E-state index in [1.54, 1.807) is 12.1 Å². The third kappa shape index (κ3) is 7.31. The van der Waals surface area contributed by atoms with Gasteiger partial charge in [0, 0.05) is 0 Å². The molecule has 0 bridgehead atoms. The lowest BCUT2D eigenvalue weighted by atomic mass is 9.95. The van der Waals surface area contributed by atoms with Crippen LogP contribution in [0.4, 0.5) is 0 Å². The van der Waals surface area contributed by atoms with E-state index >= 15 is 0 Å². The molecule has 0 aliphatic carbocycles. The van der Waals surface area contributed by atoms with Crippen molar-refractivity contribution in [2.45, 2.75) is 64.5 Å². The lowest BCUT2D eigenvalue weighted by Crippen LogP contribution is -2.66. The molecule has 3 aromatic rings. The van der Waals surface area contributed by atoms with Gasteiger partial charge in [0.1, 0.15) is 5.75 Å². The van der Waals surface area contributed by atoms with Crippen molar-refractivity contribution in [1.29, 1.82) is 0 Å². The zero-order chi connectivity index (χ0) is 29.5. The lowest BCUT2D eigenvalue weighted by Gasteiger charge is -2.43. The maximum absolute atomic E-state index is 9.73. The van der Waals surface area contributed by atoms with Gasteiger partial charge in [0.05, 0.1) is 24.3 Å². The normalized spacial score (nSPS) is 16.1. The number of benzene rings is 3. The topological polar surface area (TPSA) is 38.7 Å². The summed E-state index contributed by atoms with van der Waals surface area (Å²) in [6, 6.07) is 26.6. The quantitative estimate of drug-likeness (QED) is 0.216. The largest absolute Gasteiger partial charge is 0.508 e. The summed E-state index contributed by atoms with van der Waals surface area (Å²) in [5, 5.41) is 12.7. The first-order valence-electron chi connectivity index (χ1n) is 14.6. The molecule has 0 saturated heterocycles. The van der Waals surface area contributed by atoms with Crippen molar-refractivity contribution in [2.75, 3.05) is 13.2 Å². The second kappa shape index (κ2) is 13.8. The molecule has 5 heteroatoms. The van der Waals surface area contributed by atoms with Crippen LogP contribution in [0.2, 0.25) is 10.1 Å². The smallest absolute Gasteiger partial charge is 0.261 e. The van der Waals surface area contributed by atoms with E-state index in [0.29, 0.717) is 18.2 Å². The molecule has 3 nitrogen and oxygen atoms in total. The molecule has 0 fully saturated rings. The average Bonchev–Trinajstić information content (AvgIpc) is 3.43. The van der Waals surface area contributed by atoms with E-state index in [4.69, 9.17) is 20.8 Å². The molecule has 1 aliphatic rings. The van der Waals surface area contributed by atoms with Crippen molar-refractivity contribution in [2.24, 2.45) is 0 Å². The molecule has 1 N–H and O–H groups in total. The Hall–Kier alpha value is -2.89. The minimum atomic E-state index is -2.65. The molecular formula is C36H43ClO3Si. The number of hydrogen-bond acceptors (Lipinski definition) is 3. The molecular weight excluding hydrogens is 544 g/mol. The highest BCUT2D eigenvalue weighted by Gasteiger charge is 2.50. The van der Waals surface area contributed by atoms with Gasteiger partial charge < -0.3 is 14.3 Å². The summed E-state index contributed by atoms with van der Waals surface area (Å²) in [4.78, 5) is 0. The maximum Gasteiger partial charge on any atom is 0.261 e. The van der Waals surface area contributed by atoms with Crippen molar-refractivity contribution in [3.05, 3.63) is 119 Å². The van der Waals surface area contributed by atoms with Gasteiger partial charge in [0.2, 0.25) is 0 Å². The summed E-state index contributed by atoms with van der Waals surface area (Å²) < 4.78 is 13.3. The number of phenolic OH excluding ortho intramolecular Hbond substituents is 1. The Morgan fingerprint density at radius 1 is 1.02 bits per heavy atom. The number of aromatic hydroxyl groups is 1. The number of hydrogen-bond donors (Lipinski definition) is 1. The monoisotopic (exact) mass is 586 g/mol. The van der Waals surface area contributed by atoms with E-state index in [-0.39, 0.29) is 16.9 Å². The highest BCUT2D eigenvalue weighted by Crippen LogP contribution is 2.38. The summed E-state index contributed by atoms with van der Waals surface area (Å²) in [6.45, 7) is 14.6. The molecule has 1 heterocycles. The molecule has 0 radical (unpaired) electrons. The molecule has 4 rings (SSSR count). The number of phenols is 1. The molecule has 0 amide bonds. The highest BCUT2D eigenvalue weighted by molar-refractivity contribution is 6.99. The lowest BCUT2D eigenvalue weighted by molar-refractivity contribution is 0.115. The van der Waals surface area contributed by atoms with Gasteiger partial charge >= 0.3 is 0 Å². The molecule has 0 saturated carbocycles. The molecule has 0 spiro atoms. The Kier molecular flexibility index (Phi) is 10.5. The Balaban J connectivity index is 1.52. The third-order valence-electron chi connectivity index (χ3n) is 7.88. The summed E-state index contributed by atoms with van der Waals surface area (Å²) in [5.41, 5.74) is 4.40. The Morgan fingerprint density at radius 2 is 1.66 bits per heavy atom. The number of rotatable bonds is 12. The van der Waals surface area contributed by atoms with Crippen LogP contribution in [0.3, 0.4) is 0 Å². The van der Waals surface area contributed by atoms with Crippen LogP contribution in [0.15, 0.2) is 108 Å². The minimum absolute atomic E-state index is 0.0131. The first-order chi connectivity index (χ1) is 19.7. The van der Waals surface area contributed by atoms with E-state index in [9.17, 15) is 5.11 Å². The van der Waals surface area contributed by atoms with Crippen molar-refractivity contribution in [1.82, 2.24) is 0 Å². The fraction of sp³-hybridized carbons (Fsp3) is 0.333. The summed E-state index contributed by atoms with van der Waals surface area (Å²) in [7, 11) is -2.65. The van der Waals surface area contributed by atoms with Gasteiger partial charge in [0.25, 0.3) is 8.32 Å². The van der Waals surface area contributed by atoms with Crippen molar-refractivity contribution in [3.8, 4) is 5.75 Å². The van der Waals surface area contributed by atoms with Crippen LogP contribution in [0.5, 0.6) is 5.75 Å². The van der Waals surface area contributed by atoms with Gasteiger partial charge in [-0.1, -0.05) is 131 Å². The molecule has 1 aliphatic heterocycles. The van der Waals surface area contributed by atoms with Gasteiger partial charge in [-0.25, -0.2) is 0 Å². The molecule has 41 heavy (non-hydrogen) atoms. The first kappa shape index (κ1) is 31.1. The predicted molar refractivity (Wildman–Crippen MR) is 176 cm³/mol. The van der Waals surface area contributed by atoms with Crippen molar-refractivity contribution >= 4 is 36.4 Å². The van der Waals surface area contributed by atoms with E-state index in [1.165, 1.54) is 15.9 Å². The number of halogens is 1. The summed E-state index contributed by atoms with van der Waals surface area (Å²) in [6.07, 6.45) is 8.12. The number of ether oxygens (including phenoxy) is 1. The van der Waals surface area contributed by atoms with Gasteiger partial charge in [0.15, 0.2) is 0 Å². The van der Waals surface area contributed by atoms with E-state index in [1.807, 2.05) is 6.07 Å². The van der Waals surface area contributed by atoms with Crippen molar-refractivity contribution in [3.63, 3.8) is 0 Å². The van der Waals surface area contributed by atoms with Gasteiger partial charge in [-0.15, -0.1) is 0 Å². The highest BCUT2D eigenvalue weighted by atomic mass is 35.5. The first-order valence-corrected chi connectivity index (χ1v) is 16.9. The standard InChI is InChI=1S/C36H43ClO3Si/c1-6-13-28(24-29-19-20-30(38)25-34(29)37)18-21-35-33(22-23-39-35)27(2)26-40-41(36(3,4)5,31-14-9-7-10-15-31)32-16-11-8-12-17-32/h7-12,14-17,19-20,22,24-25,35,38H,2,6,13,18,21,23,26H2,1,3-5H3/b28-24+. The summed E-state index contributed by atoms with van der Waals surface area (Å²) >= 11 is 6.40. The number of allylic oxidation sites excluding steroid dienone is 1. The zero-order valence-electron chi connectivity index (χ0n) is 24.8. The zero-order valence-corrected chi connectivity index (χ0v) is 26.6. The fourth-order valence-electron chi connectivity index (χ4n) is 5.89. The van der Waals surface area contributed by atoms with Crippen LogP contribution < -0.4 is 10.4 Å². The molecule has 216 valence electrons. The SMILES string of the molecule is C=C(CO[Si](c1ccccc1)(c1ccccc1)C(C)(C)C)C1=CCOC1CC/C(=C/c1ccc(O)cc1Cl)CCC. The van der Waals surface area contributed by atoms with E-state index in [2.05, 4.69) is 107 Å². The van der Waals surface area contributed by atoms with Crippen LogP contribution in [-0.2, 0) is 9.16 Å². The van der Waals surface area contributed by atoms with Crippen LogP contribution in [-0.4, -0.2) is 32.7 Å². The van der Waals surface area contributed by atoms with Gasteiger partial charge in [-0.2, -0.15) is 0 Å². The van der Waals surface area contributed by atoms with E-state index < -0.39 is 8.32 Å². The van der Waals surface area contributed by atoms with Gasteiger partial charge in [-0.05, 0) is 69.6 Å². The summed E-state index contributed by atoms with van der Waals surface area (Å²) in [5.74, 6) is 0.178. The molecule has 1 unspecified atom stereocenters. The van der Waals surface area contributed by atoms with Crippen LogP contribution in [0.1, 0.15) is 58.9 Å². The van der Waals surface area contributed by atoms with Crippen molar-refractivity contribution < 1.29 is 14.3 Å².